The smallest absolute Gasteiger partial charge is 0.410 e. The summed E-state index contributed by atoms with van der Waals surface area (Å²) in [4.78, 5) is 18.3. The minimum atomic E-state index is -0.574. The van der Waals surface area contributed by atoms with E-state index < -0.39 is 11.1 Å². The molecule has 0 aliphatic carbocycles. The second-order valence-electron chi connectivity index (χ2n) is 5.49. The zero-order valence-corrected chi connectivity index (χ0v) is 11.0. The molecule has 1 heterocycles. The Morgan fingerprint density at radius 2 is 2.18 bits per heavy atom. The van der Waals surface area contributed by atoms with Crippen molar-refractivity contribution in [3.63, 3.8) is 0 Å². The average molecular weight is 246 g/mol. The average Bonchev–Trinajstić information content (AvgIpc) is 2.15. The predicted octanol–water partition coefficient (Wildman–Crippen LogP) is 0.903. The maximum Gasteiger partial charge on any atom is 0.410 e. The van der Waals surface area contributed by atoms with Crippen LogP contribution in [0.1, 0.15) is 27.7 Å². The summed E-state index contributed by atoms with van der Waals surface area (Å²) in [5.74, 6) is 5.10. The molecule has 0 aromatic rings. The summed E-state index contributed by atoms with van der Waals surface area (Å²) in [6.45, 7) is 8.96. The molecule has 1 aliphatic heterocycles. The summed E-state index contributed by atoms with van der Waals surface area (Å²) in [6, 6.07) is 0. The number of amides is 1. The van der Waals surface area contributed by atoms with E-state index >= 15 is 0 Å². The van der Waals surface area contributed by atoms with Crippen LogP contribution in [0.2, 0.25) is 0 Å². The van der Waals surface area contributed by atoms with Gasteiger partial charge >= 0.3 is 6.09 Å². The molecule has 1 rings (SSSR count). The topological polar surface area (TPSA) is 74.0 Å². The van der Waals surface area contributed by atoms with E-state index in [9.17, 15) is 4.79 Å². The van der Waals surface area contributed by atoms with Gasteiger partial charge in [-0.1, -0.05) is 0 Å². The Hall–Kier alpha value is -0.850. The molecule has 0 aromatic heterocycles. The van der Waals surface area contributed by atoms with Gasteiger partial charge in [-0.05, 0) is 27.7 Å². The first-order chi connectivity index (χ1) is 7.78. The molecule has 1 atom stereocenters. The van der Waals surface area contributed by atoms with Crippen molar-refractivity contribution in [3.05, 3.63) is 0 Å². The maximum absolute atomic E-state index is 12.1. The van der Waals surface area contributed by atoms with Gasteiger partial charge in [0.1, 0.15) is 5.60 Å². The highest BCUT2D eigenvalue weighted by Crippen LogP contribution is 2.22. The van der Waals surface area contributed by atoms with Crippen molar-refractivity contribution < 1.29 is 19.1 Å². The lowest BCUT2D eigenvalue weighted by Gasteiger charge is -2.43. The van der Waals surface area contributed by atoms with Crippen molar-refractivity contribution >= 4 is 6.09 Å². The van der Waals surface area contributed by atoms with Crippen molar-refractivity contribution in [2.75, 3.05) is 26.4 Å². The molecule has 2 N–H and O–H groups in total. The van der Waals surface area contributed by atoms with E-state index in [2.05, 4.69) is 4.84 Å². The molecule has 6 nitrogen and oxygen atoms in total. The van der Waals surface area contributed by atoms with Crippen LogP contribution in [0.4, 0.5) is 4.79 Å². The second kappa shape index (κ2) is 5.20. The fourth-order valence-electron chi connectivity index (χ4n) is 1.72. The van der Waals surface area contributed by atoms with Crippen LogP contribution in [0.25, 0.3) is 0 Å². The van der Waals surface area contributed by atoms with E-state index in [1.807, 2.05) is 27.7 Å². The zero-order valence-electron chi connectivity index (χ0n) is 11.0. The van der Waals surface area contributed by atoms with Gasteiger partial charge in [-0.25, -0.2) is 10.7 Å². The number of nitrogens with zero attached hydrogens (tertiary/aromatic N) is 1. The van der Waals surface area contributed by atoms with E-state index in [1.165, 1.54) is 0 Å². The third-order valence-corrected chi connectivity index (χ3v) is 2.53. The quantitative estimate of drug-likeness (QED) is 0.733. The highest BCUT2D eigenvalue weighted by atomic mass is 16.6. The fraction of sp³-hybridized carbons (Fsp3) is 0.909. The molecule has 0 spiro atoms. The van der Waals surface area contributed by atoms with Gasteiger partial charge in [-0.2, -0.15) is 0 Å². The Balaban J connectivity index is 2.74. The number of nitrogens with two attached hydrogens (primary N) is 1. The van der Waals surface area contributed by atoms with Gasteiger partial charge in [0.2, 0.25) is 0 Å². The highest BCUT2D eigenvalue weighted by Gasteiger charge is 2.40. The molecule has 0 radical (unpaired) electrons. The van der Waals surface area contributed by atoms with Gasteiger partial charge in [0.05, 0.1) is 25.4 Å². The number of ether oxygens (including phenoxy) is 2. The number of hydrogen-bond donors (Lipinski definition) is 1. The Morgan fingerprint density at radius 3 is 2.71 bits per heavy atom. The van der Waals surface area contributed by atoms with Gasteiger partial charge in [-0.3, -0.25) is 4.90 Å². The monoisotopic (exact) mass is 246 g/mol. The molecule has 1 saturated heterocycles. The first kappa shape index (κ1) is 14.2. The molecule has 6 heteroatoms. The molecule has 1 aliphatic rings. The van der Waals surface area contributed by atoms with Crippen molar-refractivity contribution in [2.45, 2.75) is 38.8 Å². The van der Waals surface area contributed by atoms with Crippen LogP contribution >= 0.6 is 0 Å². The number of hydrogen-bond acceptors (Lipinski definition) is 5. The van der Waals surface area contributed by atoms with Crippen LogP contribution < -0.4 is 5.90 Å². The predicted molar refractivity (Wildman–Crippen MR) is 62.3 cm³/mol. The van der Waals surface area contributed by atoms with Crippen LogP contribution in [-0.2, 0) is 14.3 Å². The minimum Gasteiger partial charge on any atom is -0.444 e. The van der Waals surface area contributed by atoms with Gasteiger partial charge in [0.15, 0.2) is 0 Å². The third kappa shape index (κ3) is 3.83. The number of carbonyl (C=O) groups excluding carboxylic acids is 1. The lowest BCUT2D eigenvalue weighted by Crippen LogP contribution is -2.60. The molecule has 100 valence electrons. The molecule has 1 amide bonds. The molecular formula is C11H22N2O4. The van der Waals surface area contributed by atoms with Crippen LogP contribution in [0.5, 0.6) is 0 Å². The molecule has 1 unspecified atom stereocenters. The molecular weight excluding hydrogens is 224 g/mol. The second-order valence-corrected chi connectivity index (χ2v) is 5.49. The summed E-state index contributed by atoms with van der Waals surface area (Å²) < 4.78 is 10.7. The molecule has 0 saturated carbocycles. The van der Waals surface area contributed by atoms with Crippen molar-refractivity contribution in [1.29, 1.82) is 0 Å². The Bertz CT molecular complexity index is 273. The standard InChI is InChI=1S/C11H22N2O4/c1-10(2,3)17-9(14)13-5-6-15-7-11(13,4)8-16-12/h5-8,12H2,1-4H3. The zero-order chi connectivity index (χ0) is 13.1. The SMILES string of the molecule is CC(C)(C)OC(=O)N1CCOCC1(C)CON. The number of morpholine rings is 1. The normalized spacial score (nSPS) is 25.8. The summed E-state index contributed by atoms with van der Waals surface area (Å²) >= 11 is 0. The fourth-order valence-corrected chi connectivity index (χ4v) is 1.72. The Kier molecular flexibility index (Phi) is 4.35. The van der Waals surface area contributed by atoms with Crippen LogP contribution in [0.15, 0.2) is 0 Å². The van der Waals surface area contributed by atoms with Crippen LogP contribution in [0.3, 0.4) is 0 Å². The lowest BCUT2D eigenvalue weighted by molar-refractivity contribution is -0.0970. The molecule has 0 bridgehead atoms. The molecule has 1 fully saturated rings. The lowest BCUT2D eigenvalue weighted by atomic mass is 10.0. The third-order valence-electron chi connectivity index (χ3n) is 2.53. The Morgan fingerprint density at radius 1 is 1.53 bits per heavy atom. The maximum atomic E-state index is 12.1. The van der Waals surface area contributed by atoms with E-state index in [0.29, 0.717) is 19.8 Å². The van der Waals surface area contributed by atoms with Crippen molar-refractivity contribution in [1.82, 2.24) is 4.90 Å². The van der Waals surface area contributed by atoms with E-state index in [-0.39, 0.29) is 12.7 Å². The van der Waals surface area contributed by atoms with Gasteiger partial charge < -0.3 is 14.3 Å². The minimum absolute atomic E-state index is 0.215. The molecule has 17 heavy (non-hydrogen) atoms. The van der Waals surface area contributed by atoms with Crippen LogP contribution in [-0.4, -0.2) is 48.5 Å². The summed E-state index contributed by atoms with van der Waals surface area (Å²) in [7, 11) is 0. The van der Waals surface area contributed by atoms with E-state index in [1.54, 1.807) is 4.90 Å². The van der Waals surface area contributed by atoms with E-state index in [4.69, 9.17) is 15.4 Å². The number of rotatable bonds is 2. The molecule has 0 aromatic carbocycles. The van der Waals surface area contributed by atoms with E-state index in [0.717, 1.165) is 0 Å². The summed E-state index contributed by atoms with van der Waals surface area (Å²) in [6.07, 6.45) is -0.361. The summed E-state index contributed by atoms with van der Waals surface area (Å²) in [5, 5.41) is 0. The largest absolute Gasteiger partial charge is 0.444 e. The Labute approximate surface area is 102 Å². The van der Waals surface area contributed by atoms with Crippen molar-refractivity contribution in [2.24, 2.45) is 5.90 Å². The first-order valence-electron chi connectivity index (χ1n) is 5.68. The number of carbonyl (C=O) groups is 1. The van der Waals surface area contributed by atoms with Crippen molar-refractivity contribution in [3.8, 4) is 0 Å². The van der Waals surface area contributed by atoms with Gasteiger partial charge in [-0.15, -0.1) is 0 Å². The highest BCUT2D eigenvalue weighted by molar-refractivity contribution is 5.69. The summed E-state index contributed by atoms with van der Waals surface area (Å²) in [5.41, 5.74) is -1.09. The van der Waals surface area contributed by atoms with Crippen LogP contribution in [0, 0.1) is 0 Å². The first-order valence-corrected chi connectivity index (χ1v) is 5.68. The van der Waals surface area contributed by atoms with Gasteiger partial charge in [0.25, 0.3) is 0 Å². The van der Waals surface area contributed by atoms with Gasteiger partial charge in [0, 0.05) is 6.54 Å².